The Kier molecular flexibility index (Phi) is 5.54. The molecule has 0 aromatic carbocycles. The van der Waals surface area contributed by atoms with Crippen molar-refractivity contribution in [2.24, 2.45) is 0 Å². The number of nitrogens with one attached hydrogen (secondary N) is 1. The quantitative estimate of drug-likeness (QED) is 0.804. The SMILES string of the molecule is C[C@@]1(C(=O)NC2CCCCCCC2)Cn2c(cc3occc32)C(=O)N1C[C@@H]1CCCO1. The van der Waals surface area contributed by atoms with Crippen LogP contribution in [0.4, 0.5) is 0 Å². The molecule has 2 aromatic rings. The van der Waals surface area contributed by atoms with Crippen LogP contribution < -0.4 is 5.32 Å². The molecule has 1 saturated heterocycles. The van der Waals surface area contributed by atoms with Crippen molar-refractivity contribution in [3.63, 3.8) is 0 Å². The molecule has 7 heteroatoms. The molecule has 2 amide bonds. The molecule has 31 heavy (non-hydrogen) atoms. The van der Waals surface area contributed by atoms with Gasteiger partial charge < -0.3 is 23.9 Å². The summed E-state index contributed by atoms with van der Waals surface area (Å²) in [5.41, 5.74) is 1.17. The number of nitrogens with zero attached hydrogens (tertiary/aromatic N) is 2. The molecule has 1 N–H and O–H groups in total. The second-order valence-electron chi connectivity index (χ2n) is 9.63. The van der Waals surface area contributed by atoms with E-state index in [1.54, 1.807) is 17.2 Å². The number of furan rings is 1. The lowest BCUT2D eigenvalue weighted by Crippen LogP contribution is -2.66. The summed E-state index contributed by atoms with van der Waals surface area (Å²) >= 11 is 0. The van der Waals surface area contributed by atoms with E-state index in [2.05, 4.69) is 5.32 Å². The number of aromatic nitrogens is 1. The Hall–Kier alpha value is -2.28. The highest BCUT2D eigenvalue weighted by atomic mass is 16.5. The van der Waals surface area contributed by atoms with Crippen LogP contribution in [0.1, 0.15) is 75.2 Å². The smallest absolute Gasteiger partial charge is 0.271 e. The molecular formula is C24H33N3O4. The first-order valence-corrected chi connectivity index (χ1v) is 11.9. The Bertz CT molecular complexity index is 949. The van der Waals surface area contributed by atoms with Gasteiger partial charge in [-0.2, -0.15) is 0 Å². The third-order valence-corrected chi connectivity index (χ3v) is 7.39. The maximum absolute atomic E-state index is 13.7. The van der Waals surface area contributed by atoms with Crippen LogP contribution in [0.3, 0.4) is 0 Å². The second kappa shape index (κ2) is 8.34. The highest BCUT2D eigenvalue weighted by Crippen LogP contribution is 2.34. The van der Waals surface area contributed by atoms with E-state index in [1.165, 1.54) is 19.3 Å². The maximum atomic E-state index is 13.7. The second-order valence-corrected chi connectivity index (χ2v) is 9.63. The summed E-state index contributed by atoms with van der Waals surface area (Å²) in [6.07, 6.45) is 11.6. The highest BCUT2D eigenvalue weighted by molar-refractivity contribution is 6.03. The largest absolute Gasteiger partial charge is 0.463 e. The first-order chi connectivity index (χ1) is 15.1. The van der Waals surface area contributed by atoms with Crippen molar-refractivity contribution in [1.82, 2.24) is 14.8 Å². The first-order valence-electron chi connectivity index (χ1n) is 11.9. The topological polar surface area (TPSA) is 76.7 Å². The van der Waals surface area contributed by atoms with Gasteiger partial charge in [-0.05, 0) is 32.6 Å². The molecule has 2 aliphatic heterocycles. The van der Waals surface area contributed by atoms with Crippen molar-refractivity contribution >= 4 is 22.9 Å². The van der Waals surface area contributed by atoms with Crippen molar-refractivity contribution < 1.29 is 18.7 Å². The zero-order chi connectivity index (χ0) is 21.4. The van der Waals surface area contributed by atoms with Gasteiger partial charge in [0, 0.05) is 31.3 Å². The fourth-order valence-electron chi connectivity index (χ4n) is 5.49. The van der Waals surface area contributed by atoms with Crippen LogP contribution in [-0.2, 0) is 16.1 Å². The van der Waals surface area contributed by atoms with Gasteiger partial charge in [-0.25, -0.2) is 0 Å². The van der Waals surface area contributed by atoms with E-state index in [9.17, 15) is 9.59 Å². The van der Waals surface area contributed by atoms with Crippen LogP contribution >= 0.6 is 0 Å². The third kappa shape index (κ3) is 3.77. The third-order valence-electron chi connectivity index (χ3n) is 7.39. The van der Waals surface area contributed by atoms with Crippen molar-refractivity contribution in [2.75, 3.05) is 13.2 Å². The molecule has 2 fully saturated rings. The van der Waals surface area contributed by atoms with E-state index >= 15 is 0 Å². The lowest BCUT2D eigenvalue weighted by Gasteiger charge is -2.45. The summed E-state index contributed by atoms with van der Waals surface area (Å²) in [4.78, 5) is 29.1. The molecule has 2 atom stereocenters. The van der Waals surface area contributed by atoms with Crippen molar-refractivity contribution in [1.29, 1.82) is 0 Å². The molecule has 2 aromatic heterocycles. The lowest BCUT2D eigenvalue weighted by atomic mass is 9.91. The standard InChI is InChI=1S/C24H33N3O4/c1-24(23(29)25-17-8-5-3-2-4-6-9-17)16-26-19-11-13-31-21(19)14-20(26)22(28)27(24)15-18-10-7-12-30-18/h11,13-14,17-18H,2-10,12,15-16H2,1H3,(H,25,29)/t18-,24-/m0/s1. The number of carbonyl (C=O) groups excluding carboxylic acids is 2. The molecule has 1 aliphatic carbocycles. The molecule has 4 heterocycles. The number of carbonyl (C=O) groups is 2. The summed E-state index contributed by atoms with van der Waals surface area (Å²) in [7, 11) is 0. The molecular weight excluding hydrogens is 394 g/mol. The average molecular weight is 428 g/mol. The number of rotatable bonds is 4. The molecule has 7 nitrogen and oxygen atoms in total. The molecule has 3 aliphatic rings. The maximum Gasteiger partial charge on any atom is 0.271 e. The molecule has 5 rings (SSSR count). The minimum Gasteiger partial charge on any atom is -0.463 e. The van der Waals surface area contributed by atoms with Crippen LogP contribution in [-0.4, -0.2) is 52.1 Å². The van der Waals surface area contributed by atoms with Gasteiger partial charge in [0.05, 0.1) is 24.4 Å². The van der Waals surface area contributed by atoms with Crippen molar-refractivity contribution in [3.05, 3.63) is 24.1 Å². The fourth-order valence-corrected chi connectivity index (χ4v) is 5.49. The Morgan fingerprint density at radius 2 is 1.94 bits per heavy atom. The van der Waals surface area contributed by atoms with Gasteiger partial charge >= 0.3 is 0 Å². The van der Waals surface area contributed by atoms with E-state index in [1.807, 2.05) is 17.6 Å². The average Bonchev–Trinajstić information content (AvgIpc) is 3.46. The van der Waals surface area contributed by atoms with Gasteiger partial charge in [0.1, 0.15) is 11.2 Å². The highest BCUT2D eigenvalue weighted by Gasteiger charge is 2.49. The number of fused-ring (bicyclic) bond motifs is 3. The van der Waals surface area contributed by atoms with Crippen LogP contribution in [0.2, 0.25) is 0 Å². The lowest BCUT2D eigenvalue weighted by molar-refractivity contribution is -0.134. The molecule has 0 bridgehead atoms. The number of hydrogen-bond acceptors (Lipinski definition) is 4. The minimum absolute atomic E-state index is 0.0121. The fraction of sp³-hybridized carbons (Fsp3) is 0.667. The summed E-state index contributed by atoms with van der Waals surface area (Å²) in [6, 6.07) is 3.85. The van der Waals surface area contributed by atoms with E-state index in [0.29, 0.717) is 24.4 Å². The zero-order valence-corrected chi connectivity index (χ0v) is 18.4. The summed E-state index contributed by atoms with van der Waals surface area (Å²) < 4.78 is 13.3. The van der Waals surface area contributed by atoms with Crippen LogP contribution in [0.5, 0.6) is 0 Å². The molecule has 168 valence electrons. The molecule has 0 radical (unpaired) electrons. The van der Waals surface area contributed by atoms with E-state index in [-0.39, 0.29) is 24.0 Å². The molecule has 0 spiro atoms. The van der Waals surface area contributed by atoms with Crippen LogP contribution in [0.25, 0.3) is 11.1 Å². The van der Waals surface area contributed by atoms with Gasteiger partial charge in [-0.15, -0.1) is 0 Å². The van der Waals surface area contributed by atoms with Gasteiger partial charge in [0.15, 0.2) is 5.58 Å². The predicted molar refractivity (Wildman–Crippen MR) is 117 cm³/mol. The van der Waals surface area contributed by atoms with E-state index in [0.717, 1.165) is 50.6 Å². The minimum atomic E-state index is -0.971. The van der Waals surface area contributed by atoms with Crippen LogP contribution in [0.15, 0.2) is 22.8 Å². The summed E-state index contributed by atoms with van der Waals surface area (Å²) in [5, 5.41) is 3.33. The van der Waals surface area contributed by atoms with Gasteiger partial charge in [-0.3, -0.25) is 9.59 Å². The monoisotopic (exact) mass is 427 g/mol. The van der Waals surface area contributed by atoms with Crippen molar-refractivity contribution in [3.8, 4) is 0 Å². The number of ether oxygens (including phenoxy) is 1. The van der Waals surface area contributed by atoms with Gasteiger partial charge in [0.2, 0.25) is 5.91 Å². The Labute approximate surface area is 183 Å². The zero-order valence-electron chi connectivity index (χ0n) is 18.4. The van der Waals surface area contributed by atoms with Crippen LogP contribution in [0, 0.1) is 0 Å². The van der Waals surface area contributed by atoms with E-state index < -0.39 is 5.54 Å². The molecule has 1 saturated carbocycles. The van der Waals surface area contributed by atoms with E-state index in [4.69, 9.17) is 9.15 Å². The van der Waals surface area contributed by atoms with Gasteiger partial charge in [-0.1, -0.05) is 32.1 Å². The number of hydrogen-bond donors (Lipinski definition) is 1. The summed E-state index contributed by atoms with van der Waals surface area (Å²) in [5.74, 6) is -0.177. The Morgan fingerprint density at radius 3 is 2.68 bits per heavy atom. The van der Waals surface area contributed by atoms with Crippen molar-refractivity contribution in [2.45, 2.75) is 88.9 Å². The Morgan fingerprint density at radius 1 is 1.16 bits per heavy atom. The van der Waals surface area contributed by atoms with Gasteiger partial charge in [0.25, 0.3) is 5.91 Å². The molecule has 0 unspecified atom stereocenters. The number of amides is 2. The summed E-state index contributed by atoms with van der Waals surface area (Å²) in [6.45, 7) is 3.50. The first kappa shape index (κ1) is 20.6. The Balaban J connectivity index is 1.45. The predicted octanol–water partition coefficient (Wildman–Crippen LogP) is 3.86. The normalized spacial score (nSPS) is 27.8.